The Morgan fingerprint density at radius 3 is 1.64 bits per heavy atom. The first-order valence-electron chi connectivity index (χ1n) is 14.6. The van der Waals surface area contributed by atoms with Gasteiger partial charge < -0.3 is 15.1 Å². The molecule has 2 aliphatic rings. The number of carbonyl (C=O) groups excluding carboxylic acids is 1. The van der Waals surface area contributed by atoms with Crippen LogP contribution < -0.4 is 5.32 Å². The van der Waals surface area contributed by atoms with Crippen LogP contribution in [0.3, 0.4) is 0 Å². The SMILES string of the molecule is CCCC.CCCC.CCCC.CCCC.CCN(CC)CCNC(=O)C1CN2C=CC=CC2=N1.[Sn+4]. The smallest absolute Gasteiger partial charge is 0.353 e. The van der Waals surface area contributed by atoms with E-state index in [-0.39, 0.29) is 35.9 Å². The van der Waals surface area contributed by atoms with Crippen molar-refractivity contribution in [3.05, 3.63) is 24.4 Å². The summed E-state index contributed by atoms with van der Waals surface area (Å²) >= 11 is 0. The van der Waals surface area contributed by atoms with Gasteiger partial charge >= 0.3 is 23.9 Å². The van der Waals surface area contributed by atoms with Crippen LogP contribution in [0.1, 0.15) is 121 Å². The first-order chi connectivity index (χ1) is 16.9. The number of likely N-dealkylation sites (N-methyl/N-ethyl adjacent to an activating group) is 1. The Bertz CT molecular complexity index is 507. The minimum absolute atomic E-state index is 0. The standard InChI is InChI=1S/C14H22N4O.4C4H10.Sn/c1-3-17(4-2)10-8-15-14(19)12-11-18-9-6-5-7-13(18)16-12;4*1-3-4-2;/h5-7,9,12H,3-4,8,10-11H2,1-2H3,(H,15,19);4*3-4H2,1-2H3;/q;;;;;+4. The van der Waals surface area contributed by atoms with E-state index in [9.17, 15) is 4.79 Å². The molecule has 0 aromatic carbocycles. The molecule has 6 heteroatoms. The van der Waals surface area contributed by atoms with Crippen LogP contribution in [-0.4, -0.2) is 84.2 Å². The number of hydrogen-bond acceptors (Lipinski definition) is 4. The average molecular weight is 614 g/mol. The van der Waals surface area contributed by atoms with Crippen LogP contribution in [0.2, 0.25) is 0 Å². The van der Waals surface area contributed by atoms with Crippen LogP contribution in [-0.2, 0) is 4.79 Å². The molecule has 0 aromatic heterocycles. The molecular formula is C30H62N4OSn+4. The second kappa shape index (κ2) is 34.2. The molecule has 0 fully saturated rings. The molecule has 1 N–H and O–H groups in total. The largest absolute Gasteiger partial charge is 4.00 e. The molecule has 0 aromatic rings. The van der Waals surface area contributed by atoms with Crippen molar-refractivity contribution in [1.29, 1.82) is 0 Å². The number of amidine groups is 1. The molecule has 2 aliphatic heterocycles. The molecule has 0 saturated carbocycles. The number of hydrogen-bond donors (Lipinski definition) is 1. The Labute approximate surface area is 243 Å². The number of rotatable bonds is 10. The normalized spacial score (nSPS) is 14.2. The van der Waals surface area contributed by atoms with Gasteiger partial charge in [0.1, 0.15) is 11.9 Å². The summed E-state index contributed by atoms with van der Waals surface area (Å²) in [7, 11) is 0. The van der Waals surface area contributed by atoms with Gasteiger partial charge in [0.15, 0.2) is 0 Å². The summed E-state index contributed by atoms with van der Waals surface area (Å²) in [5, 5.41) is 2.97. The summed E-state index contributed by atoms with van der Waals surface area (Å²) in [6.45, 7) is 26.0. The third-order valence-corrected chi connectivity index (χ3v) is 5.50. The summed E-state index contributed by atoms with van der Waals surface area (Å²) in [5.74, 6) is 0.905. The Kier molecular flexibility index (Phi) is 40.1. The maximum Gasteiger partial charge on any atom is 4.00 e. The zero-order chi connectivity index (χ0) is 27.3. The van der Waals surface area contributed by atoms with Crippen molar-refractivity contribution in [3.8, 4) is 0 Å². The molecule has 5 nitrogen and oxygen atoms in total. The third kappa shape index (κ3) is 26.2. The third-order valence-electron chi connectivity index (χ3n) is 5.50. The zero-order valence-electron chi connectivity index (χ0n) is 25.8. The van der Waals surface area contributed by atoms with E-state index in [1.165, 1.54) is 51.4 Å². The summed E-state index contributed by atoms with van der Waals surface area (Å²) in [6.07, 6.45) is 18.3. The van der Waals surface area contributed by atoms with E-state index in [1.807, 2.05) is 29.3 Å². The number of fused-ring (bicyclic) bond motifs is 1. The van der Waals surface area contributed by atoms with E-state index in [2.05, 4.69) is 84.4 Å². The van der Waals surface area contributed by atoms with Crippen molar-refractivity contribution in [2.24, 2.45) is 4.99 Å². The fraction of sp³-hybridized carbons (Fsp3) is 0.800. The maximum absolute atomic E-state index is 12.0. The molecule has 208 valence electrons. The summed E-state index contributed by atoms with van der Waals surface area (Å²) in [4.78, 5) is 20.8. The maximum atomic E-state index is 12.0. The van der Waals surface area contributed by atoms with Crippen molar-refractivity contribution in [2.45, 2.75) is 127 Å². The molecule has 2 heterocycles. The fourth-order valence-corrected chi connectivity index (χ4v) is 2.26. The molecule has 0 saturated heterocycles. The Morgan fingerprint density at radius 2 is 1.28 bits per heavy atom. The quantitative estimate of drug-likeness (QED) is 0.261. The van der Waals surface area contributed by atoms with Gasteiger partial charge in [-0.3, -0.25) is 9.79 Å². The fourth-order valence-electron chi connectivity index (χ4n) is 2.26. The van der Waals surface area contributed by atoms with Gasteiger partial charge in [0.2, 0.25) is 5.91 Å². The minimum Gasteiger partial charge on any atom is -0.353 e. The second-order valence-corrected chi connectivity index (χ2v) is 8.67. The van der Waals surface area contributed by atoms with Gasteiger partial charge in [-0.1, -0.05) is 127 Å². The van der Waals surface area contributed by atoms with Gasteiger partial charge in [0.05, 0.1) is 6.54 Å². The molecule has 1 amide bonds. The van der Waals surface area contributed by atoms with E-state index in [0.29, 0.717) is 13.1 Å². The van der Waals surface area contributed by atoms with Crippen LogP contribution in [0, 0.1) is 0 Å². The molecule has 36 heavy (non-hydrogen) atoms. The van der Waals surface area contributed by atoms with E-state index >= 15 is 0 Å². The molecule has 0 spiro atoms. The van der Waals surface area contributed by atoms with Gasteiger partial charge in [-0.15, -0.1) is 0 Å². The molecule has 1 unspecified atom stereocenters. The van der Waals surface area contributed by atoms with Crippen LogP contribution in [0.25, 0.3) is 0 Å². The summed E-state index contributed by atoms with van der Waals surface area (Å²) < 4.78 is 0. The number of nitrogens with one attached hydrogen (secondary N) is 1. The summed E-state index contributed by atoms with van der Waals surface area (Å²) in [6, 6.07) is -0.279. The van der Waals surface area contributed by atoms with Crippen molar-refractivity contribution >= 4 is 35.7 Å². The van der Waals surface area contributed by atoms with E-state index < -0.39 is 0 Å². The predicted octanol–water partition coefficient (Wildman–Crippen LogP) is 7.46. The van der Waals surface area contributed by atoms with Crippen LogP contribution >= 0.6 is 0 Å². The van der Waals surface area contributed by atoms with Crippen LogP contribution in [0.15, 0.2) is 29.4 Å². The van der Waals surface area contributed by atoms with Crippen LogP contribution in [0.4, 0.5) is 0 Å². The topological polar surface area (TPSA) is 47.9 Å². The van der Waals surface area contributed by atoms with Gasteiger partial charge in [-0.2, -0.15) is 0 Å². The molecule has 0 bridgehead atoms. The Balaban J connectivity index is -0.000000248. The van der Waals surface area contributed by atoms with E-state index in [4.69, 9.17) is 0 Å². The molecule has 1 atom stereocenters. The Hall–Kier alpha value is -0.821. The molecule has 0 radical (unpaired) electrons. The van der Waals surface area contributed by atoms with Gasteiger partial charge in [0.25, 0.3) is 0 Å². The number of aliphatic imine (C=N–C) groups is 1. The molecular weight excluding hydrogens is 551 g/mol. The van der Waals surface area contributed by atoms with E-state index in [1.54, 1.807) is 0 Å². The van der Waals surface area contributed by atoms with Crippen molar-refractivity contribution in [3.63, 3.8) is 0 Å². The first kappa shape index (κ1) is 42.3. The minimum atomic E-state index is -0.279. The van der Waals surface area contributed by atoms with Crippen LogP contribution in [0.5, 0.6) is 0 Å². The van der Waals surface area contributed by atoms with Gasteiger partial charge in [0, 0.05) is 19.3 Å². The molecule has 2 rings (SSSR count). The number of amides is 1. The van der Waals surface area contributed by atoms with Crippen molar-refractivity contribution in [1.82, 2.24) is 15.1 Å². The number of carbonyl (C=O) groups is 1. The van der Waals surface area contributed by atoms with E-state index in [0.717, 1.165) is 25.5 Å². The second-order valence-electron chi connectivity index (χ2n) is 8.67. The number of allylic oxidation sites excluding steroid dienone is 2. The number of nitrogens with zero attached hydrogens (tertiary/aromatic N) is 3. The first-order valence-corrected chi connectivity index (χ1v) is 14.6. The monoisotopic (exact) mass is 614 g/mol. The van der Waals surface area contributed by atoms with Crippen molar-refractivity contribution < 1.29 is 4.79 Å². The zero-order valence-corrected chi connectivity index (χ0v) is 28.7. The Morgan fingerprint density at radius 1 is 0.833 bits per heavy atom. The number of unbranched alkanes of at least 4 members (excludes halogenated alkanes) is 4. The molecule has 0 aliphatic carbocycles. The predicted molar refractivity (Wildman–Crippen MR) is 165 cm³/mol. The van der Waals surface area contributed by atoms with Gasteiger partial charge in [-0.25, -0.2) is 0 Å². The summed E-state index contributed by atoms with van der Waals surface area (Å²) in [5.41, 5.74) is 0. The average Bonchev–Trinajstić information content (AvgIpc) is 3.36. The van der Waals surface area contributed by atoms with Gasteiger partial charge in [-0.05, 0) is 25.2 Å². The van der Waals surface area contributed by atoms with Crippen molar-refractivity contribution in [2.75, 3.05) is 32.7 Å².